The Morgan fingerprint density at radius 1 is 1.12 bits per heavy atom. The molecule has 1 fully saturated rings. The molecule has 222 valence electrons. The Morgan fingerprint density at radius 2 is 1.83 bits per heavy atom. The van der Waals surface area contributed by atoms with E-state index in [4.69, 9.17) is 23.2 Å². The summed E-state index contributed by atoms with van der Waals surface area (Å²) in [7, 11) is 0. The lowest BCUT2D eigenvalue weighted by molar-refractivity contribution is -0.137. The number of piperidine rings is 1. The molecule has 0 bridgehead atoms. The summed E-state index contributed by atoms with van der Waals surface area (Å²) in [6.45, 7) is 0.811. The van der Waals surface area contributed by atoms with Crippen molar-refractivity contribution in [1.82, 2.24) is 30.2 Å². The van der Waals surface area contributed by atoms with Crippen molar-refractivity contribution in [2.24, 2.45) is 0 Å². The number of nitrogens with zero attached hydrogens (tertiary/aromatic N) is 5. The van der Waals surface area contributed by atoms with Crippen molar-refractivity contribution in [1.29, 1.82) is 0 Å². The zero-order valence-corrected chi connectivity index (χ0v) is 24.0. The van der Waals surface area contributed by atoms with Crippen molar-refractivity contribution in [3.8, 4) is 16.9 Å². The molecule has 2 aromatic heterocycles. The Kier molecular flexibility index (Phi) is 8.89. The summed E-state index contributed by atoms with van der Waals surface area (Å²) in [6.07, 6.45) is 0.753. The first-order chi connectivity index (χ1) is 20.0. The van der Waals surface area contributed by atoms with Gasteiger partial charge in [0, 0.05) is 40.5 Å². The summed E-state index contributed by atoms with van der Waals surface area (Å²) in [5.74, 6) is -0.522. The molecule has 0 spiro atoms. The van der Waals surface area contributed by atoms with Crippen LogP contribution in [0.2, 0.25) is 10.0 Å². The number of aromatic amines is 1. The maximum Gasteiger partial charge on any atom is 0.416 e. The number of benzene rings is 2. The van der Waals surface area contributed by atoms with Crippen LogP contribution < -0.4 is 9.73 Å². The molecule has 0 radical (unpaired) electrons. The van der Waals surface area contributed by atoms with Crippen molar-refractivity contribution in [3.63, 3.8) is 0 Å². The van der Waals surface area contributed by atoms with Gasteiger partial charge in [0.1, 0.15) is 5.82 Å². The van der Waals surface area contributed by atoms with E-state index in [0.29, 0.717) is 18.1 Å². The summed E-state index contributed by atoms with van der Waals surface area (Å²) in [5.41, 5.74) is 2.59. The van der Waals surface area contributed by atoms with Gasteiger partial charge in [-0.2, -0.15) is 18.3 Å². The molecule has 1 aliphatic rings. The van der Waals surface area contributed by atoms with E-state index in [1.54, 1.807) is 11.1 Å². The van der Waals surface area contributed by atoms with Crippen LogP contribution in [0.3, 0.4) is 0 Å². The highest BCUT2D eigenvalue weighted by molar-refractivity contribution is 7.80. The zero-order chi connectivity index (χ0) is 30.0. The number of rotatable bonds is 8. The molecule has 0 saturated carbocycles. The van der Waals surface area contributed by atoms with Gasteiger partial charge in [-0.3, -0.25) is 18.7 Å². The van der Waals surface area contributed by atoms with Crippen LogP contribution in [0.1, 0.15) is 40.9 Å². The minimum Gasteiger partial charge on any atom is -0.755 e. The predicted octanol–water partition coefficient (Wildman–Crippen LogP) is 5.52. The molecule has 1 aliphatic heterocycles. The number of aromatic nitrogens is 4. The van der Waals surface area contributed by atoms with Gasteiger partial charge in [0.15, 0.2) is 5.69 Å². The molecular formula is C26H23Cl2F3N7O3S-. The first-order valence-corrected chi connectivity index (χ1v) is 14.5. The third-order valence-electron chi connectivity index (χ3n) is 6.67. The number of carbonyl (C=O) groups excluding carboxylic acids is 1. The molecule has 3 heterocycles. The number of halogens is 5. The standard InChI is InChI=1S/C26H24Cl2F3N7O3S/c27-18-8-9-21(20(28)12-18)38-24(16-4-6-17(7-5-16)26(29,30)31)19(14-37(42(40)41)22-13-32-15-33-22)23(34-38)25(39)35-36-10-2-1-3-11-36/h4-9,12-13,15H,1-3,10-11,14H2,(H,32,33)(H,35,39)(H,40,41)/p-1. The third kappa shape index (κ3) is 6.47. The number of amides is 1. The Labute approximate surface area is 250 Å². The van der Waals surface area contributed by atoms with Crippen molar-refractivity contribution < 1.29 is 26.7 Å². The summed E-state index contributed by atoms with van der Waals surface area (Å²) in [4.78, 5) is 20.3. The van der Waals surface area contributed by atoms with E-state index in [1.165, 1.54) is 41.5 Å². The van der Waals surface area contributed by atoms with Crippen LogP contribution >= 0.6 is 23.2 Å². The average Bonchev–Trinajstić information content (AvgIpc) is 3.60. The number of imidazole rings is 1. The van der Waals surface area contributed by atoms with Crippen LogP contribution in [0.15, 0.2) is 55.0 Å². The van der Waals surface area contributed by atoms with Crippen LogP contribution in [0.5, 0.6) is 0 Å². The predicted molar refractivity (Wildman–Crippen MR) is 151 cm³/mol. The van der Waals surface area contributed by atoms with E-state index in [9.17, 15) is 26.7 Å². The number of nitrogens with one attached hydrogen (secondary N) is 2. The molecule has 16 heteroatoms. The number of hydrogen-bond acceptors (Lipinski definition) is 6. The number of alkyl halides is 3. The van der Waals surface area contributed by atoms with Crippen LogP contribution in [-0.2, 0) is 24.0 Å². The van der Waals surface area contributed by atoms with Gasteiger partial charge in [0.25, 0.3) is 5.91 Å². The van der Waals surface area contributed by atoms with Gasteiger partial charge in [-0.15, -0.1) is 0 Å². The van der Waals surface area contributed by atoms with Gasteiger partial charge in [0.2, 0.25) is 0 Å². The van der Waals surface area contributed by atoms with E-state index < -0.39 is 35.5 Å². The Morgan fingerprint density at radius 3 is 2.43 bits per heavy atom. The molecule has 2 N–H and O–H groups in total. The number of H-pyrrole nitrogens is 1. The van der Waals surface area contributed by atoms with Crippen molar-refractivity contribution in [3.05, 3.63) is 81.9 Å². The monoisotopic (exact) mass is 640 g/mol. The Bertz CT molecular complexity index is 1590. The first kappa shape index (κ1) is 30.0. The van der Waals surface area contributed by atoms with E-state index in [1.807, 2.05) is 0 Å². The van der Waals surface area contributed by atoms with Gasteiger partial charge in [-0.1, -0.05) is 41.8 Å². The molecule has 4 aromatic rings. The Hall–Kier alpha value is -3.43. The summed E-state index contributed by atoms with van der Waals surface area (Å²) in [6, 6.07) is 8.78. The molecule has 10 nitrogen and oxygen atoms in total. The van der Waals surface area contributed by atoms with Crippen LogP contribution in [0.25, 0.3) is 16.9 Å². The van der Waals surface area contributed by atoms with Gasteiger partial charge in [-0.05, 0) is 43.2 Å². The minimum atomic E-state index is -4.59. The SMILES string of the molecule is O=C(NN1CCCCC1)c1nn(-c2ccc(Cl)cc2Cl)c(-c2ccc(C(F)(F)F)cc2)c1CN(c1cnc[nH]1)S(=O)[O-]. The van der Waals surface area contributed by atoms with Gasteiger partial charge in [0.05, 0.1) is 41.0 Å². The highest BCUT2D eigenvalue weighted by Gasteiger charge is 2.32. The van der Waals surface area contributed by atoms with Gasteiger partial charge >= 0.3 is 6.18 Å². The summed E-state index contributed by atoms with van der Waals surface area (Å²) in [5, 5.41) is 6.77. The fourth-order valence-electron chi connectivity index (χ4n) is 4.67. The maximum atomic E-state index is 13.7. The lowest BCUT2D eigenvalue weighted by Crippen LogP contribution is -2.45. The van der Waals surface area contributed by atoms with E-state index in [-0.39, 0.29) is 39.0 Å². The number of anilines is 1. The highest BCUT2D eigenvalue weighted by atomic mass is 35.5. The van der Waals surface area contributed by atoms with Crippen LogP contribution in [0.4, 0.5) is 19.0 Å². The van der Waals surface area contributed by atoms with E-state index in [0.717, 1.165) is 35.7 Å². The maximum absolute atomic E-state index is 13.7. The smallest absolute Gasteiger partial charge is 0.416 e. The van der Waals surface area contributed by atoms with Crippen LogP contribution in [0, 0.1) is 0 Å². The lowest BCUT2D eigenvalue weighted by atomic mass is 10.0. The third-order valence-corrected chi connectivity index (χ3v) is 7.90. The molecule has 1 saturated heterocycles. The summed E-state index contributed by atoms with van der Waals surface area (Å²) < 4.78 is 67.1. The first-order valence-electron chi connectivity index (χ1n) is 12.7. The minimum absolute atomic E-state index is 0.0985. The molecular weight excluding hydrogens is 618 g/mol. The second-order valence-electron chi connectivity index (χ2n) is 9.44. The number of hydrogen-bond donors (Lipinski definition) is 2. The Balaban J connectivity index is 1.72. The largest absolute Gasteiger partial charge is 0.755 e. The highest BCUT2D eigenvalue weighted by Crippen LogP contribution is 2.36. The second kappa shape index (κ2) is 12.4. The molecule has 2 aromatic carbocycles. The molecule has 1 unspecified atom stereocenters. The zero-order valence-electron chi connectivity index (χ0n) is 21.7. The lowest BCUT2D eigenvalue weighted by Gasteiger charge is -2.27. The van der Waals surface area contributed by atoms with Crippen molar-refractivity contribution in [2.45, 2.75) is 32.0 Å². The number of carbonyl (C=O) groups is 1. The summed E-state index contributed by atoms with van der Waals surface area (Å²) >= 11 is 9.78. The van der Waals surface area contributed by atoms with Crippen LogP contribution in [-0.4, -0.2) is 52.5 Å². The fraction of sp³-hybridized carbons (Fsp3) is 0.269. The average molecular weight is 641 g/mol. The van der Waals surface area contributed by atoms with Gasteiger partial charge < -0.3 is 9.54 Å². The van der Waals surface area contributed by atoms with Crippen molar-refractivity contribution >= 4 is 46.2 Å². The fourth-order valence-corrected chi connectivity index (χ4v) is 5.66. The van der Waals surface area contributed by atoms with Gasteiger partial charge in [-0.25, -0.2) is 14.7 Å². The molecule has 1 atom stereocenters. The van der Waals surface area contributed by atoms with Crippen molar-refractivity contribution in [2.75, 3.05) is 17.4 Å². The van der Waals surface area contributed by atoms with E-state index >= 15 is 0 Å². The normalized spacial score (nSPS) is 15.0. The van der Waals surface area contributed by atoms with E-state index in [2.05, 4.69) is 20.5 Å². The quantitative estimate of drug-likeness (QED) is 0.245. The molecule has 0 aliphatic carbocycles. The topological polar surface area (TPSA) is 122 Å². The number of hydrazine groups is 1. The second-order valence-corrected chi connectivity index (χ2v) is 11.2. The molecule has 5 rings (SSSR count). The molecule has 1 amide bonds. The molecule has 42 heavy (non-hydrogen) atoms.